The maximum Gasteiger partial charge on any atom is 0.257 e. The van der Waals surface area contributed by atoms with Crippen LogP contribution in [0.3, 0.4) is 0 Å². The summed E-state index contributed by atoms with van der Waals surface area (Å²) in [6, 6.07) is 7.67. The standard InChI is InChI=1S/C14H13IN2O/c1-9-5-11(8-16-7-9)14(18)17-12-4-3-10(2)13(15)6-12/h3-8H,1-2H3,(H,17,18). The Bertz CT molecular complexity index is 596. The third-order valence-corrected chi connectivity index (χ3v) is 3.73. The number of amides is 1. The molecule has 2 rings (SSSR count). The van der Waals surface area contributed by atoms with E-state index in [1.165, 1.54) is 5.56 Å². The molecule has 1 aromatic carbocycles. The molecule has 2 aromatic rings. The molecule has 1 amide bonds. The number of pyridine rings is 1. The number of halogens is 1. The first-order chi connectivity index (χ1) is 8.56. The molecule has 0 fully saturated rings. The zero-order valence-corrected chi connectivity index (χ0v) is 12.4. The van der Waals surface area contributed by atoms with E-state index in [2.05, 4.69) is 32.9 Å². The van der Waals surface area contributed by atoms with Gasteiger partial charge in [0.25, 0.3) is 5.91 Å². The molecule has 18 heavy (non-hydrogen) atoms. The van der Waals surface area contributed by atoms with E-state index >= 15 is 0 Å². The van der Waals surface area contributed by atoms with Crippen LogP contribution in [-0.2, 0) is 0 Å². The first-order valence-electron chi connectivity index (χ1n) is 5.55. The van der Waals surface area contributed by atoms with Gasteiger partial charge in [0.2, 0.25) is 0 Å². The van der Waals surface area contributed by atoms with Crippen molar-refractivity contribution in [3.8, 4) is 0 Å². The highest BCUT2D eigenvalue weighted by Gasteiger charge is 2.07. The van der Waals surface area contributed by atoms with E-state index in [9.17, 15) is 4.79 Å². The molecule has 0 aliphatic heterocycles. The highest BCUT2D eigenvalue weighted by molar-refractivity contribution is 14.1. The van der Waals surface area contributed by atoms with Crippen molar-refractivity contribution in [3.63, 3.8) is 0 Å². The molecule has 0 saturated carbocycles. The van der Waals surface area contributed by atoms with Crippen molar-refractivity contribution in [1.29, 1.82) is 0 Å². The van der Waals surface area contributed by atoms with E-state index in [1.807, 2.05) is 38.1 Å². The molecule has 3 nitrogen and oxygen atoms in total. The normalized spacial score (nSPS) is 10.2. The molecule has 0 bridgehead atoms. The van der Waals surface area contributed by atoms with Crippen molar-refractivity contribution in [2.24, 2.45) is 0 Å². The molecule has 92 valence electrons. The number of carbonyl (C=O) groups is 1. The van der Waals surface area contributed by atoms with Crippen LogP contribution in [0.5, 0.6) is 0 Å². The van der Waals surface area contributed by atoms with Gasteiger partial charge < -0.3 is 5.32 Å². The summed E-state index contributed by atoms with van der Waals surface area (Å²) in [5, 5.41) is 2.87. The SMILES string of the molecule is Cc1cncc(C(=O)Nc2ccc(C)c(I)c2)c1. The molecule has 0 aliphatic rings. The van der Waals surface area contributed by atoms with Crippen LogP contribution in [-0.4, -0.2) is 10.9 Å². The van der Waals surface area contributed by atoms with Gasteiger partial charge in [-0.1, -0.05) is 6.07 Å². The van der Waals surface area contributed by atoms with Gasteiger partial charge in [0.05, 0.1) is 5.56 Å². The number of aryl methyl sites for hydroxylation is 2. The van der Waals surface area contributed by atoms with E-state index in [4.69, 9.17) is 0 Å². The summed E-state index contributed by atoms with van der Waals surface area (Å²) < 4.78 is 1.13. The summed E-state index contributed by atoms with van der Waals surface area (Å²) in [5.74, 6) is -0.133. The van der Waals surface area contributed by atoms with Gasteiger partial charge in [0.15, 0.2) is 0 Å². The number of nitrogens with one attached hydrogen (secondary N) is 1. The first-order valence-corrected chi connectivity index (χ1v) is 6.63. The smallest absolute Gasteiger partial charge is 0.257 e. The fraction of sp³-hybridized carbons (Fsp3) is 0.143. The number of rotatable bonds is 2. The summed E-state index contributed by atoms with van der Waals surface area (Å²) in [5.41, 5.74) is 3.55. The van der Waals surface area contributed by atoms with Gasteiger partial charge in [0.1, 0.15) is 0 Å². The number of benzene rings is 1. The molecule has 0 radical (unpaired) electrons. The average Bonchev–Trinajstić information content (AvgIpc) is 2.34. The van der Waals surface area contributed by atoms with E-state index in [0.29, 0.717) is 5.56 Å². The molecule has 4 heteroatoms. The predicted octanol–water partition coefficient (Wildman–Crippen LogP) is 3.56. The maximum absolute atomic E-state index is 12.0. The summed E-state index contributed by atoms with van der Waals surface area (Å²) in [6.45, 7) is 3.95. The van der Waals surface area contributed by atoms with Crippen LogP contribution in [0.1, 0.15) is 21.5 Å². The second kappa shape index (κ2) is 5.48. The fourth-order valence-corrected chi connectivity index (χ4v) is 2.07. The van der Waals surface area contributed by atoms with E-state index in [1.54, 1.807) is 12.4 Å². The third-order valence-electron chi connectivity index (χ3n) is 2.57. The van der Waals surface area contributed by atoms with Crippen molar-refractivity contribution in [1.82, 2.24) is 4.98 Å². The Kier molecular flexibility index (Phi) is 3.96. The number of aromatic nitrogens is 1. The molecule has 0 saturated heterocycles. The van der Waals surface area contributed by atoms with Crippen molar-refractivity contribution < 1.29 is 4.79 Å². The van der Waals surface area contributed by atoms with E-state index in [-0.39, 0.29) is 5.91 Å². The minimum atomic E-state index is -0.133. The highest BCUT2D eigenvalue weighted by Crippen LogP contribution is 2.17. The Labute approximate surface area is 120 Å². The Balaban J connectivity index is 2.18. The summed E-state index contributed by atoms with van der Waals surface area (Å²) in [6.07, 6.45) is 3.30. The number of nitrogens with zero attached hydrogens (tertiary/aromatic N) is 1. The summed E-state index contributed by atoms with van der Waals surface area (Å²) in [4.78, 5) is 16.0. The predicted molar refractivity (Wildman–Crippen MR) is 80.8 cm³/mol. The van der Waals surface area contributed by atoms with Crippen LogP contribution in [0, 0.1) is 17.4 Å². The molecule has 0 spiro atoms. The van der Waals surface area contributed by atoms with Crippen molar-refractivity contribution in [2.75, 3.05) is 5.32 Å². The Hall–Kier alpha value is -1.43. The summed E-state index contributed by atoms with van der Waals surface area (Å²) in [7, 11) is 0. The second-order valence-electron chi connectivity index (χ2n) is 4.17. The number of carbonyl (C=O) groups excluding carboxylic acids is 1. The lowest BCUT2D eigenvalue weighted by atomic mass is 10.2. The average molecular weight is 352 g/mol. The topological polar surface area (TPSA) is 42.0 Å². The Morgan fingerprint density at radius 3 is 2.67 bits per heavy atom. The quantitative estimate of drug-likeness (QED) is 0.840. The van der Waals surface area contributed by atoms with Crippen LogP contribution in [0.2, 0.25) is 0 Å². The molecule has 1 aromatic heterocycles. The van der Waals surface area contributed by atoms with Crippen LogP contribution in [0.4, 0.5) is 5.69 Å². The molecule has 0 unspecified atom stereocenters. The lowest BCUT2D eigenvalue weighted by molar-refractivity contribution is 0.102. The lowest BCUT2D eigenvalue weighted by Crippen LogP contribution is -2.12. The van der Waals surface area contributed by atoms with Crippen LogP contribution in [0.25, 0.3) is 0 Å². The molecule has 1 heterocycles. The van der Waals surface area contributed by atoms with Gasteiger partial charge in [-0.05, 0) is 65.8 Å². The Morgan fingerprint density at radius 1 is 1.22 bits per heavy atom. The number of hydrogen-bond acceptors (Lipinski definition) is 2. The van der Waals surface area contributed by atoms with Gasteiger partial charge in [-0.3, -0.25) is 9.78 Å². The van der Waals surface area contributed by atoms with Crippen molar-refractivity contribution in [2.45, 2.75) is 13.8 Å². The van der Waals surface area contributed by atoms with Crippen molar-refractivity contribution >= 4 is 34.2 Å². The highest BCUT2D eigenvalue weighted by atomic mass is 127. The first kappa shape index (κ1) is 13.0. The number of hydrogen-bond donors (Lipinski definition) is 1. The molecule has 0 atom stereocenters. The lowest BCUT2D eigenvalue weighted by Gasteiger charge is -2.07. The molecular weight excluding hydrogens is 339 g/mol. The molecular formula is C14H13IN2O. The van der Waals surface area contributed by atoms with Crippen LogP contribution >= 0.6 is 22.6 Å². The van der Waals surface area contributed by atoms with Gasteiger partial charge in [-0.25, -0.2) is 0 Å². The number of anilines is 1. The van der Waals surface area contributed by atoms with Crippen LogP contribution in [0.15, 0.2) is 36.7 Å². The summed E-state index contributed by atoms with van der Waals surface area (Å²) >= 11 is 2.25. The Morgan fingerprint density at radius 2 is 2.00 bits per heavy atom. The molecule has 1 N–H and O–H groups in total. The second-order valence-corrected chi connectivity index (χ2v) is 5.33. The van der Waals surface area contributed by atoms with Gasteiger partial charge >= 0.3 is 0 Å². The minimum Gasteiger partial charge on any atom is -0.322 e. The van der Waals surface area contributed by atoms with Crippen LogP contribution < -0.4 is 5.32 Å². The van der Waals surface area contributed by atoms with Gasteiger partial charge in [-0.15, -0.1) is 0 Å². The minimum absolute atomic E-state index is 0.133. The zero-order valence-electron chi connectivity index (χ0n) is 10.2. The van der Waals surface area contributed by atoms with E-state index < -0.39 is 0 Å². The monoisotopic (exact) mass is 352 g/mol. The van der Waals surface area contributed by atoms with E-state index in [0.717, 1.165) is 14.8 Å². The van der Waals surface area contributed by atoms with Gasteiger partial charge in [0, 0.05) is 21.7 Å². The third kappa shape index (κ3) is 3.07. The largest absolute Gasteiger partial charge is 0.322 e. The fourth-order valence-electron chi connectivity index (χ4n) is 1.55. The zero-order chi connectivity index (χ0) is 13.1. The van der Waals surface area contributed by atoms with Crippen molar-refractivity contribution in [3.05, 3.63) is 56.9 Å². The maximum atomic E-state index is 12.0. The molecule has 0 aliphatic carbocycles. The van der Waals surface area contributed by atoms with Gasteiger partial charge in [-0.2, -0.15) is 0 Å².